The molecule has 0 bridgehead atoms. The van der Waals surface area contributed by atoms with Crippen molar-refractivity contribution in [2.75, 3.05) is 13.1 Å². The minimum Gasteiger partial charge on any atom is -0.338 e. The molecule has 4 heterocycles. The molecule has 0 radical (unpaired) electrons. The number of carbonyl (C=O) groups is 1. The highest BCUT2D eigenvalue weighted by molar-refractivity contribution is 5.95. The first-order valence-electron chi connectivity index (χ1n) is 9.95. The second-order valence-corrected chi connectivity index (χ2v) is 8.52. The summed E-state index contributed by atoms with van der Waals surface area (Å²) in [6.45, 7) is 4.75. The molecule has 1 saturated heterocycles. The lowest BCUT2D eigenvalue weighted by atomic mass is 9.77. The number of halogens is 2. The number of aromatic nitrogens is 5. The second-order valence-electron chi connectivity index (χ2n) is 8.52. The maximum Gasteiger partial charge on any atom is 0.332 e. The van der Waals surface area contributed by atoms with E-state index in [-0.39, 0.29) is 17.0 Å². The molecular formula is C19H24F2N6O3. The summed E-state index contributed by atoms with van der Waals surface area (Å²) in [6, 6.07) is -0.212. The molecule has 4 rings (SSSR count). The van der Waals surface area contributed by atoms with Crippen molar-refractivity contribution in [3.05, 3.63) is 44.0 Å². The van der Waals surface area contributed by atoms with E-state index in [1.165, 1.54) is 27.2 Å². The quantitative estimate of drug-likeness (QED) is 0.692. The third kappa shape index (κ3) is 3.25. The Morgan fingerprint density at radius 2 is 1.80 bits per heavy atom. The topological polar surface area (TPSA) is 95.0 Å². The van der Waals surface area contributed by atoms with E-state index in [0.29, 0.717) is 44.7 Å². The lowest BCUT2D eigenvalue weighted by Gasteiger charge is -2.38. The third-order valence-corrected chi connectivity index (χ3v) is 6.09. The minimum atomic E-state index is -2.82. The first kappa shape index (κ1) is 20.4. The summed E-state index contributed by atoms with van der Waals surface area (Å²) in [5.74, 6) is 0.124. The molecule has 0 aromatic carbocycles. The van der Waals surface area contributed by atoms with Crippen molar-refractivity contribution in [3.8, 4) is 0 Å². The zero-order valence-corrected chi connectivity index (χ0v) is 17.1. The van der Waals surface area contributed by atoms with Crippen molar-refractivity contribution in [1.29, 1.82) is 0 Å². The number of aryl methyl sites for hydroxylation is 1. The fraction of sp³-hybridized carbons (Fsp3) is 0.632. The summed E-state index contributed by atoms with van der Waals surface area (Å²) < 4.78 is 30.3. The average molecular weight is 422 g/mol. The summed E-state index contributed by atoms with van der Waals surface area (Å²) in [6.07, 6.45) is 0.247. The monoisotopic (exact) mass is 422 g/mol. The molecule has 0 saturated carbocycles. The second kappa shape index (κ2) is 7.13. The number of alkyl halides is 2. The van der Waals surface area contributed by atoms with Crippen LogP contribution < -0.4 is 11.1 Å². The first-order valence-corrected chi connectivity index (χ1v) is 9.95. The van der Waals surface area contributed by atoms with Crippen molar-refractivity contribution < 1.29 is 13.6 Å². The van der Waals surface area contributed by atoms with E-state index in [0.717, 1.165) is 0 Å². The predicted molar refractivity (Wildman–Crippen MR) is 103 cm³/mol. The van der Waals surface area contributed by atoms with Gasteiger partial charge in [-0.1, -0.05) is 0 Å². The molecule has 0 unspecified atom stereocenters. The normalized spacial score (nSPS) is 17.9. The molecule has 0 N–H and O–H groups in total. The van der Waals surface area contributed by atoms with Gasteiger partial charge in [-0.15, -0.1) is 0 Å². The van der Waals surface area contributed by atoms with E-state index in [1.54, 1.807) is 18.7 Å². The predicted octanol–water partition coefficient (Wildman–Crippen LogP) is 1.14. The van der Waals surface area contributed by atoms with E-state index in [2.05, 4.69) is 10.2 Å². The van der Waals surface area contributed by atoms with Crippen LogP contribution in [0.2, 0.25) is 0 Å². The standard InChI is InChI=1S/C19H24F2N6O3/c1-11(2)27-18(30)17(29)26-10-19(8-13(26)22-27)4-6-25(7-5-19)16(28)12-9-24(3)23-14(12)15(20)21/h9,11,15H,4-8,10H2,1-3H3. The van der Waals surface area contributed by atoms with Crippen LogP contribution in [-0.2, 0) is 20.0 Å². The van der Waals surface area contributed by atoms with Gasteiger partial charge in [-0.2, -0.15) is 10.2 Å². The molecule has 1 spiro atoms. The van der Waals surface area contributed by atoms with Gasteiger partial charge < -0.3 is 4.90 Å². The Morgan fingerprint density at radius 1 is 1.13 bits per heavy atom. The Labute approximate surface area is 170 Å². The highest BCUT2D eigenvalue weighted by atomic mass is 19.3. The Bertz CT molecular complexity index is 1110. The van der Waals surface area contributed by atoms with Gasteiger partial charge in [0.15, 0.2) is 0 Å². The van der Waals surface area contributed by atoms with E-state index >= 15 is 0 Å². The Morgan fingerprint density at radius 3 is 2.40 bits per heavy atom. The van der Waals surface area contributed by atoms with Gasteiger partial charge in [0, 0.05) is 39.3 Å². The number of nitrogens with zero attached hydrogens (tertiary/aromatic N) is 6. The van der Waals surface area contributed by atoms with Crippen molar-refractivity contribution in [1.82, 2.24) is 29.0 Å². The first-order chi connectivity index (χ1) is 14.1. The van der Waals surface area contributed by atoms with Crippen LogP contribution in [0.4, 0.5) is 8.78 Å². The Hall–Kier alpha value is -2.85. The zero-order valence-electron chi connectivity index (χ0n) is 17.1. The summed E-state index contributed by atoms with van der Waals surface area (Å²) in [4.78, 5) is 39.2. The lowest BCUT2D eigenvalue weighted by Crippen LogP contribution is -2.45. The van der Waals surface area contributed by atoms with E-state index in [1.807, 2.05) is 0 Å². The molecule has 2 aliphatic heterocycles. The summed E-state index contributed by atoms with van der Waals surface area (Å²) in [7, 11) is 1.50. The van der Waals surface area contributed by atoms with Gasteiger partial charge in [0.2, 0.25) is 0 Å². The summed E-state index contributed by atoms with van der Waals surface area (Å²) >= 11 is 0. The van der Waals surface area contributed by atoms with Crippen LogP contribution in [-0.4, -0.2) is 48.0 Å². The maximum absolute atomic E-state index is 13.2. The third-order valence-electron chi connectivity index (χ3n) is 6.09. The highest BCUT2D eigenvalue weighted by Crippen LogP contribution is 2.40. The number of hydrogen-bond donors (Lipinski definition) is 0. The largest absolute Gasteiger partial charge is 0.338 e. The van der Waals surface area contributed by atoms with Gasteiger partial charge in [0.05, 0.1) is 11.6 Å². The molecule has 9 nitrogen and oxygen atoms in total. The maximum atomic E-state index is 13.2. The van der Waals surface area contributed by atoms with Crippen LogP contribution in [0.1, 0.15) is 61.0 Å². The highest BCUT2D eigenvalue weighted by Gasteiger charge is 2.43. The molecule has 1 fully saturated rings. The van der Waals surface area contributed by atoms with Crippen LogP contribution in [0.5, 0.6) is 0 Å². The minimum absolute atomic E-state index is 0.0787. The van der Waals surface area contributed by atoms with Crippen LogP contribution in [0.15, 0.2) is 15.8 Å². The van der Waals surface area contributed by atoms with Crippen LogP contribution in [0.3, 0.4) is 0 Å². The van der Waals surface area contributed by atoms with Gasteiger partial charge >= 0.3 is 11.1 Å². The number of rotatable bonds is 3. The molecule has 30 heavy (non-hydrogen) atoms. The molecule has 0 atom stereocenters. The number of amides is 1. The van der Waals surface area contributed by atoms with Gasteiger partial charge in [0.25, 0.3) is 12.3 Å². The lowest BCUT2D eigenvalue weighted by molar-refractivity contribution is 0.0566. The number of piperidine rings is 1. The molecule has 1 amide bonds. The number of carbonyl (C=O) groups excluding carboxylic acids is 1. The summed E-state index contributed by atoms with van der Waals surface area (Å²) in [5, 5.41) is 8.10. The Balaban J connectivity index is 1.52. The molecule has 11 heteroatoms. The Kier molecular flexibility index (Phi) is 4.86. The smallest absolute Gasteiger partial charge is 0.332 e. The van der Waals surface area contributed by atoms with Gasteiger partial charge in [-0.3, -0.25) is 23.6 Å². The van der Waals surface area contributed by atoms with Crippen molar-refractivity contribution >= 4 is 5.91 Å². The average Bonchev–Trinajstić information content (AvgIpc) is 3.25. The number of fused-ring (bicyclic) bond motifs is 1. The zero-order chi connectivity index (χ0) is 21.8. The van der Waals surface area contributed by atoms with E-state index in [9.17, 15) is 23.2 Å². The van der Waals surface area contributed by atoms with Gasteiger partial charge in [-0.05, 0) is 32.1 Å². The van der Waals surface area contributed by atoms with Gasteiger partial charge in [0.1, 0.15) is 11.5 Å². The van der Waals surface area contributed by atoms with Crippen molar-refractivity contribution in [3.63, 3.8) is 0 Å². The number of likely N-dealkylation sites (tertiary alicyclic amines) is 1. The fourth-order valence-corrected chi connectivity index (χ4v) is 4.45. The molecule has 2 aromatic heterocycles. The molecule has 0 aliphatic carbocycles. The van der Waals surface area contributed by atoms with Crippen LogP contribution in [0, 0.1) is 5.41 Å². The number of hydrogen-bond acceptors (Lipinski definition) is 5. The van der Waals surface area contributed by atoms with Gasteiger partial charge in [-0.25, -0.2) is 13.5 Å². The van der Waals surface area contributed by atoms with Crippen LogP contribution >= 0.6 is 0 Å². The van der Waals surface area contributed by atoms with E-state index in [4.69, 9.17) is 0 Å². The molecular weight excluding hydrogens is 398 g/mol. The van der Waals surface area contributed by atoms with Crippen molar-refractivity contribution in [2.45, 2.75) is 52.1 Å². The van der Waals surface area contributed by atoms with Crippen molar-refractivity contribution in [2.24, 2.45) is 12.5 Å². The SMILES string of the molecule is CC(C)n1nc2n(c(=O)c1=O)CC1(CCN(C(=O)c3cn(C)nc3C(F)F)CC1)C2. The summed E-state index contributed by atoms with van der Waals surface area (Å²) in [5.41, 5.74) is -2.05. The van der Waals surface area contributed by atoms with Crippen LogP contribution in [0.25, 0.3) is 0 Å². The molecule has 162 valence electrons. The van der Waals surface area contributed by atoms with E-state index < -0.39 is 29.1 Å². The fourth-order valence-electron chi connectivity index (χ4n) is 4.45. The molecule has 2 aliphatic rings. The molecule has 2 aromatic rings.